The Bertz CT molecular complexity index is 640. The highest BCUT2D eigenvalue weighted by Crippen LogP contribution is 2.32. The number of amides is 2. The summed E-state index contributed by atoms with van der Waals surface area (Å²) in [4.78, 5) is 12.4. The molecule has 0 aliphatic heterocycles. The molecule has 4 heteroatoms. The maximum absolute atomic E-state index is 12.4. The second-order valence-corrected chi connectivity index (χ2v) is 6.45. The van der Waals surface area contributed by atoms with E-state index in [0.29, 0.717) is 12.5 Å². The second kappa shape index (κ2) is 7.97. The Morgan fingerprint density at radius 2 is 1.62 bits per heavy atom. The van der Waals surface area contributed by atoms with E-state index in [2.05, 4.69) is 34.9 Å². The van der Waals surface area contributed by atoms with Crippen LogP contribution in [0.15, 0.2) is 60.7 Å². The van der Waals surface area contributed by atoms with Gasteiger partial charge in [-0.1, -0.05) is 60.7 Å². The van der Waals surface area contributed by atoms with Crippen LogP contribution in [-0.4, -0.2) is 18.6 Å². The fourth-order valence-electron chi connectivity index (χ4n) is 3.02. The van der Waals surface area contributed by atoms with Crippen LogP contribution in [0.4, 0.5) is 4.79 Å². The van der Waals surface area contributed by atoms with Crippen LogP contribution in [0.2, 0.25) is 0 Å². The van der Waals surface area contributed by atoms with Crippen LogP contribution in [0.25, 0.3) is 0 Å². The number of hydrogen-bond donors (Lipinski definition) is 3. The van der Waals surface area contributed by atoms with Crippen molar-refractivity contribution in [3.05, 3.63) is 71.8 Å². The monoisotopic (exact) mass is 323 g/mol. The molecule has 4 N–H and O–H groups in total. The first-order valence-corrected chi connectivity index (χ1v) is 8.62. The molecule has 0 bridgehead atoms. The van der Waals surface area contributed by atoms with Crippen LogP contribution < -0.4 is 16.4 Å². The van der Waals surface area contributed by atoms with E-state index >= 15 is 0 Å². The number of benzene rings is 2. The van der Waals surface area contributed by atoms with E-state index in [9.17, 15) is 4.79 Å². The van der Waals surface area contributed by atoms with Gasteiger partial charge in [-0.25, -0.2) is 4.79 Å². The molecule has 1 aliphatic carbocycles. The summed E-state index contributed by atoms with van der Waals surface area (Å²) in [6.07, 6.45) is 3.08. The largest absolute Gasteiger partial charge is 0.334 e. The highest BCUT2D eigenvalue weighted by molar-refractivity contribution is 5.75. The summed E-state index contributed by atoms with van der Waals surface area (Å²) in [6.45, 7) is 0.493. The quantitative estimate of drug-likeness (QED) is 0.733. The van der Waals surface area contributed by atoms with E-state index in [0.717, 1.165) is 24.8 Å². The molecule has 4 nitrogen and oxygen atoms in total. The van der Waals surface area contributed by atoms with Gasteiger partial charge in [-0.15, -0.1) is 0 Å². The number of rotatable bonds is 7. The topological polar surface area (TPSA) is 67.1 Å². The molecule has 0 aromatic heterocycles. The lowest BCUT2D eigenvalue weighted by Gasteiger charge is -2.22. The smallest absolute Gasteiger partial charge is 0.315 e. The van der Waals surface area contributed by atoms with Crippen LogP contribution >= 0.6 is 0 Å². The van der Waals surface area contributed by atoms with Crippen molar-refractivity contribution in [1.29, 1.82) is 0 Å². The average molecular weight is 323 g/mol. The molecule has 2 aromatic rings. The van der Waals surface area contributed by atoms with Gasteiger partial charge >= 0.3 is 6.03 Å². The van der Waals surface area contributed by atoms with E-state index in [1.54, 1.807) is 0 Å². The predicted octanol–water partition coefficient (Wildman–Crippen LogP) is 3.01. The lowest BCUT2D eigenvalue weighted by atomic mass is 9.99. The van der Waals surface area contributed by atoms with Crippen molar-refractivity contribution in [2.24, 2.45) is 11.7 Å². The lowest BCUT2D eigenvalue weighted by molar-refractivity contribution is 0.231. The summed E-state index contributed by atoms with van der Waals surface area (Å²) in [7, 11) is 0. The summed E-state index contributed by atoms with van der Waals surface area (Å²) in [6, 6.07) is 20.2. The fourth-order valence-corrected chi connectivity index (χ4v) is 3.02. The zero-order valence-electron chi connectivity index (χ0n) is 13.8. The number of nitrogens with two attached hydrogens (primary N) is 1. The first-order valence-electron chi connectivity index (χ1n) is 8.62. The SMILES string of the molecule is NCC(NC(=O)NC(Cc1ccccc1)c1ccccc1)C1CC1. The molecular formula is C20H25N3O. The molecule has 2 aromatic carbocycles. The molecule has 0 spiro atoms. The van der Waals surface area contributed by atoms with Crippen LogP contribution in [-0.2, 0) is 6.42 Å². The third-order valence-corrected chi connectivity index (χ3v) is 4.55. The number of carbonyl (C=O) groups excluding carboxylic acids is 1. The molecule has 0 heterocycles. The molecule has 1 saturated carbocycles. The zero-order valence-corrected chi connectivity index (χ0v) is 13.8. The standard InChI is InChI=1S/C20H25N3O/c21-14-19(17-11-12-17)23-20(24)22-18(16-9-5-2-6-10-16)13-15-7-3-1-4-8-15/h1-10,17-19H,11-14,21H2,(H2,22,23,24). The zero-order chi connectivity index (χ0) is 16.8. The van der Waals surface area contributed by atoms with Gasteiger partial charge in [0.1, 0.15) is 0 Å². The first-order chi connectivity index (χ1) is 11.8. The van der Waals surface area contributed by atoms with E-state index in [1.165, 1.54) is 5.56 Å². The Morgan fingerprint density at radius 3 is 2.21 bits per heavy atom. The minimum absolute atomic E-state index is 0.0637. The van der Waals surface area contributed by atoms with Crippen LogP contribution in [0.3, 0.4) is 0 Å². The van der Waals surface area contributed by atoms with Crippen molar-refractivity contribution < 1.29 is 4.79 Å². The molecule has 0 saturated heterocycles. The highest BCUT2D eigenvalue weighted by Gasteiger charge is 2.31. The molecular weight excluding hydrogens is 298 g/mol. The fraction of sp³-hybridized carbons (Fsp3) is 0.350. The summed E-state index contributed by atoms with van der Waals surface area (Å²) in [5.74, 6) is 0.546. The van der Waals surface area contributed by atoms with Crippen LogP contribution in [0.5, 0.6) is 0 Å². The molecule has 0 radical (unpaired) electrons. The Morgan fingerprint density at radius 1 is 1.00 bits per heavy atom. The van der Waals surface area contributed by atoms with Gasteiger partial charge in [0, 0.05) is 12.6 Å². The van der Waals surface area contributed by atoms with Gasteiger partial charge in [-0.3, -0.25) is 0 Å². The molecule has 1 fully saturated rings. The molecule has 3 rings (SSSR count). The van der Waals surface area contributed by atoms with Crippen LogP contribution in [0.1, 0.15) is 30.0 Å². The van der Waals surface area contributed by atoms with Crippen molar-refractivity contribution in [2.75, 3.05) is 6.54 Å². The Kier molecular flexibility index (Phi) is 5.49. The minimum atomic E-state index is -0.137. The maximum Gasteiger partial charge on any atom is 0.315 e. The summed E-state index contributed by atoms with van der Waals surface area (Å²) < 4.78 is 0. The van der Waals surface area contributed by atoms with Crippen LogP contribution in [0, 0.1) is 5.92 Å². The predicted molar refractivity (Wildman–Crippen MR) is 96.6 cm³/mol. The van der Waals surface area contributed by atoms with Crippen molar-refractivity contribution in [1.82, 2.24) is 10.6 Å². The highest BCUT2D eigenvalue weighted by atomic mass is 16.2. The van der Waals surface area contributed by atoms with Crippen molar-refractivity contribution in [3.63, 3.8) is 0 Å². The summed E-state index contributed by atoms with van der Waals surface area (Å²) >= 11 is 0. The summed E-state index contributed by atoms with van der Waals surface area (Å²) in [5.41, 5.74) is 8.09. The second-order valence-electron chi connectivity index (χ2n) is 6.45. The van der Waals surface area contributed by atoms with E-state index in [4.69, 9.17) is 5.73 Å². The maximum atomic E-state index is 12.4. The lowest BCUT2D eigenvalue weighted by Crippen LogP contribution is -2.47. The number of hydrogen-bond acceptors (Lipinski definition) is 2. The normalized spacial score (nSPS) is 16.2. The minimum Gasteiger partial charge on any atom is -0.334 e. The van der Waals surface area contributed by atoms with Crippen molar-refractivity contribution in [3.8, 4) is 0 Å². The summed E-state index contributed by atoms with van der Waals surface area (Å²) in [5, 5.41) is 6.16. The molecule has 2 atom stereocenters. The van der Waals surface area contributed by atoms with Gasteiger partial charge in [0.05, 0.1) is 6.04 Å². The number of nitrogens with one attached hydrogen (secondary N) is 2. The average Bonchev–Trinajstić information content (AvgIpc) is 3.46. The molecule has 24 heavy (non-hydrogen) atoms. The van der Waals surface area contributed by atoms with Crippen molar-refractivity contribution >= 4 is 6.03 Å². The number of carbonyl (C=O) groups is 1. The molecule has 126 valence electrons. The van der Waals surface area contributed by atoms with E-state index in [-0.39, 0.29) is 18.1 Å². The Balaban J connectivity index is 1.68. The van der Waals surface area contributed by atoms with Gasteiger partial charge in [-0.2, -0.15) is 0 Å². The van der Waals surface area contributed by atoms with Gasteiger partial charge in [0.25, 0.3) is 0 Å². The van der Waals surface area contributed by atoms with Gasteiger partial charge in [0.2, 0.25) is 0 Å². The van der Waals surface area contributed by atoms with Gasteiger partial charge < -0.3 is 16.4 Å². The third-order valence-electron chi connectivity index (χ3n) is 4.55. The Hall–Kier alpha value is -2.33. The van der Waals surface area contributed by atoms with Gasteiger partial charge in [0.15, 0.2) is 0 Å². The van der Waals surface area contributed by atoms with E-state index < -0.39 is 0 Å². The number of urea groups is 1. The Labute approximate surface area is 143 Å². The van der Waals surface area contributed by atoms with E-state index in [1.807, 2.05) is 36.4 Å². The molecule has 2 unspecified atom stereocenters. The molecule has 2 amide bonds. The third kappa shape index (κ3) is 4.59. The van der Waals surface area contributed by atoms with Gasteiger partial charge in [-0.05, 0) is 36.3 Å². The van der Waals surface area contributed by atoms with Crippen molar-refractivity contribution in [2.45, 2.75) is 31.3 Å². The molecule has 1 aliphatic rings. The first kappa shape index (κ1) is 16.5.